The molecule has 116 valence electrons. The van der Waals surface area contributed by atoms with Gasteiger partial charge >= 0.3 is 0 Å². The zero-order valence-electron chi connectivity index (χ0n) is 11.9. The first-order chi connectivity index (χ1) is 11.3. The van der Waals surface area contributed by atoms with Crippen LogP contribution in [0.2, 0.25) is 0 Å². The number of hydrogen-bond donors (Lipinski definition) is 3. The number of amides is 1. The molecule has 2 heterocycles. The van der Waals surface area contributed by atoms with Crippen molar-refractivity contribution < 1.29 is 14.3 Å². The number of carbonyl (C=O) groups is 1. The number of aromatic nitrogens is 3. The summed E-state index contributed by atoms with van der Waals surface area (Å²) in [4.78, 5) is 15.8. The number of nitrogens with one attached hydrogen (secondary N) is 3. The van der Waals surface area contributed by atoms with Crippen LogP contribution in [0.15, 0.2) is 36.3 Å². The van der Waals surface area contributed by atoms with E-state index in [0.717, 1.165) is 5.56 Å². The van der Waals surface area contributed by atoms with Crippen molar-refractivity contribution in [3.63, 3.8) is 0 Å². The predicted octanol–water partition coefficient (Wildman–Crippen LogP) is 0.669. The fourth-order valence-corrected chi connectivity index (χ4v) is 1.89. The maximum absolute atomic E-state index is 12.0. The first kappa shape index (κ1) is 14.4. The lowest BCUT2D eigenvalue weighted by Gasteiger charge is -2.05. The normalized spacial score (nSPS) is 12.6. The zero-order chi connectivity index (χ0) is 16.1. The molecule has 1 aromatic heterocycles. The largest absolute Gasteiger partial charge is 0.454 e. The maximum atomic E-state index is 12.0. The topological polar surface area (TPSA) is 125 Å². The van der Waals surface area contributed by atoms with Gasteiger partial charge in [-0.15, -0.1) is 0 Å². The average Bonchev–Trinajstić information content (AvgIpc) is 3.24. The Labute approximate surface area is 130 Å². The van der Waals surface area contributed by atoms with Crippen LogP contribution >= 0.6 is 0 Å². The maximum Gasteiger partial charge on any atom is 0.263 e. The van der Waals surface area contributed by atoms with Crippen LogP contribution in [0.25, 0.3) is 0 Å². The monoisotopic (exact) mass is 312 g/mol. The number of anilines is 1. The third kappa shape index (κ3) is 3.38. The van der Waals surface area contributed by atoms with Crippen molar-refractivity contribution in [1.29, 1.82) is 5.26 Å². The van der Waals surface area contributed by atoms with E-state index in [2.05, 4.69) is 25.8 Å². The molecular weight excluding hydrogens is 300 g/mol. The SMILES string of the molecule is N#C/C(=C/Nc1ncn[nH]1)C(=O)NCc1ccc2c(c1)OCO2. The lowest BCUT2D eigenvalue weighted by Crippen LogP contribution is -2.24. The van der Waals surface area contributed by atoms with E-state index in [1.54, 1.807) is 12.1 Å². The minimum atomic E-state index is -0.503. The van der Waals surface area contributed by atoms with Crippen molar-refractivity contribution in [2.75, 3.05) is 12.1 Å². The summed E-state index contributed by atoms with van der Waals surface area (Å²) >= 11 is 0. The first-order valence-corrected chi connectivity index (χ1v) is 6.65. The molecular formula is C14H12N6O3. The highest BCUT2D eigenvalue weighted by Gasteiger charge is 2.14. The average molecular weight is 312 g/mol. The summed E-state index contributed by atoms with van der Waals surface area (Å²) in [5.74, 6) is 1.15. The molecule has 1 aromatic carbocycles. The minimum Gasteiger partial charge on any atom is -0.454 e. The van der Waals surface area contributed by atoms with Crippen LogP contribution in [0.4, 0.5) is 5.95 Å². The number of rotatable bonds is 5. The Balaban J connectivity index is 1.59. The van der Waals surface area contributed by atoms with Gasteiger partial charge in [-0.2, -0.15) is 15.3 Å². The number of benzene rings is 1. The Hall–Kier alpha value is -3.54. The van der Waals surface area contributed by atoms with Crippen LogP contribution in [0.3, 0.4) is 0 Å². The highest BCUT2D eigenvalue weighted by Crippen LogP contribution is 2.32. The Morgan fingerprint density at radius 1 is 1.43 bits per heavy atom. The summed E-state index contributed by atoms with van der Waals surface area (Å²) in [6.07, 6.45) is 2.57. The van der Waals surface area contributed by atoms with Crippen molar-refractivity contribution in [3.05, 3.63) is 41.9 Å². The molecule has 0 radical (unpaired) electrons. The summed E-state index contributed by atoms with van der Waals surface area (Å²) in [5, 5.41) is 20.6. The van der Waals surface area contributed by atoms with Crippen molar-refractivity contribution in [2.45, 2.75) is 6.54 Å². The third-order valence-corrected chi connectivity index (χ3v) is 3.02. The Kier molecular flexibility index (Phi) is 4.06. The standard InChI is InChI=1S/C14H12N6O3/c15-4-10(6-17-14-18-7-19-20-14)13(21)16-5-9-1-2-11-12(3-9)23-8-22-11/h1-3,6-7H,5,8H2,(H,16,21)(H2,17,18,19,20)/b10-6-. The number of aromatic amines is 1. The molecule has 0 aliphatic carbocycles. The van der Waals surface area contributed by atoms with Gasteiger partial charge in [-0.05, 0) is 17.7 Å². The Bertz CT molecular complexity index is 778. The van der Waals surface area contributed by atoms with Gasteiger partial charge in [0.15, 0.2) is 11.5 Å². The molecule has 0 saturated carbocycles. The van der Waals surface area contributed by atoms with Gasteiger partial charge in [0.2, 0.25) is 12.7 Å². The number of H-pyrrole nitrogens is 1. The molecule has 0 fully saturated rings. The van der Waals surface area contributed by atoms with E-state index in [9.17, 15) is 4.79 Å². The molecule has 3 N–H and O–H groups in total. The molecule has 0 bridgehead atoms. The van der Waals surface area contributed by atoms with E-state index in [-0.39, 0.29) is 18.9 Å². The van der Waals surface area contributed by atoms with E-state index in [0.29, 0.717) is 17.4 Å². The summed E-state index contributed by atoms with van der Waals surface area (Å²) in [7, 11) is 0. The molecule has 1 aliphatic rings. The quantitative estimate of drug-likeness (QED) is 0.547. The molecule has 3 rings (SSSR count). The van der Waals surface area contributed by atoms with E-state index < -0.39 is 5.91 Å². The number of carbonyl (C=O) groups excluding carboxylic acids is 1. The lowest BCUT2D eigenvalue weighted by molar-refractivity contribution is -0.117. The van der Waals surface area contributed by atoms with Gasteiger partial charge in [0.25, 0.3) is 5.91 Å². The van der Waals surface area contributed by atoms with E-state index >= 15 is 0 Å². The van der Waals surface area contributed by atoms with E-state index in [4.69, 9.17) is 14.7 Å². The second-order valence-electron chi connectivity index (χ2n) is 4.52. The van der Waals surface area contributed by atoms with Gasteiger partial charge in [0.1, 0.15) is 18.0 Å². The molecule has 0 saturated heterocycles. The van der Waals surface area contributed by atoms with Gasteiger partial charge in [-0.25, -0.2) is 5.10 Å². The van der Waals surface area contributed by atoms with Gasteiger partial charge in [-0.3, -0.25) is 4.79 Å². The molecule has 0 spiro atoms. The van der Waals surface area contributed by atoms with Gasteiger partial charge < -0.3 is 20.1 Å². The van der Waals surface area contributed by atoms with Crippen molar-refractivity contribution in [3.8, 4) is 17.6 Å². The summed E-state index contributed by atoms with van der Waals surface area (Å²) in [5.41, 5.74) is 0.755. The van der Waals surface area contributed by atoms with Crippen molar-refractivity contribution in [2.24, 2.45) is 0 Å². The van der Waals surface area contributed by atoms with Crippen LogP contribution in [0.5, 0.6) is 11.5 Å². The van der Waals surface area contributed by atoms with Crippen LogP contribution in [-0.2, 0) is 11.3 Å². The van der Waals surface area contributed by atoms with Crippen LogP contribution in [-0.4, -0.2) is 27.9 Å². The summed E-state index contributed by atoms with van der Waals surface area (Å²) in [6.45, 7) is 0.455. The fraction of sp³-hybridized carbons (Fsp3) is 0.143. The van der Waals surface area contributed by atoms with Crippen LogP contribution in [0, 0.1) is 11.3 Å². The second kappa shape index (κ2) is 6.48. The Morgan fingerprint density at radius 3 is 3.09 bits per heavy atom. The van der Waals surface area contributed by atoms with Gasteiger partial charge in [0, 0.05) is 12.7 Å². The molecule has 2 aromatic rings. The molecule has 1 amide bonds. The van der Waals surface area contributed by atoms with E-state index in [1.165, 1.54) is 12.5 Å². The smallest absolute Gasteiger partial charge is 0.263 e. The number of nitriles is 1. The third-order valence-electron chi connectivity index (χ3n) is 3.02. The van der Waals surface area contributed by atoms with Crippen molar-refractivity contribution >= 4 is 11.9 Å². The van der Waals surface area contributed by atoms with Crippen molar-refractivity contribution in [1.82, 2.24) is 20.5 Å². The predicted molar refractivity (Wildman–Crippen MR) is 78.1 cm³/mol. The summed E-state index contributed by atoms with van der Waals surface area (Å²) in [6, 6.07) is 7.19. The molecule has 0 unspecified atom stereocenters. The minimum absolute atomic E-state index is 0.0813. The molecule has 0 atom stereocenters. The zero-order valence-corrected chi connectivity index (χ0v) is 11.9. The van der Waals surface area contributed by atoms with Gasteiger partial charge in [0.05, 0.1) is 0 Å². The summed E-state index contributed by atoms with van der Waals surface area (Å²) < 4.78 is 10.5. The molecule has 9 nitrogen and oxygen atoms in total. The van der Waals surface area contributed by atoms with Gasteiger partial charge in [-0.1, -0.05) is 6.07 Å². The number of fused-ring (bicyclic) bond motifs is 1. The molecule has 9 heteroatoms. The molecule has 23 heavy (non-hydrogen) atoms. The van der Waals surface area contributed by atoms with Crippen LogP contribution < -0.4 is 20.1 Å². The highest BCUT2D eigenvalue weighted by atomic mass is 16.7. The number of ether oxygens (including phenoxy) is 2. The van der Waals surface area contributed by atoms with E-state index in [1.807, 2.05) is 12.1 Å². The second-order valence-corrected chi connectivity index (χ2v) is 4.52. The highest BCUT2D eigenvalue weighted by molar-refractivity contribution is 5.97. The lowest BCUT2D eigenvalue weighted by atomic mass is 10.2. The first-order valence-electron chi connectivity index (χ1n) is 6.65. The van der Waals surface area contributed by atoms with Crippen LogP contribution in [0.1, 0.15) is 5.56 Å². The number of nitrogens with zero attached hydrogens (tertiary/aromatic N) is 3. The molecule has 1 aliphatic heterocycles. The fourth-order valence-electron chi connectivity index (χ4n) is 1.89. The Morgan fingerprint density at radius 2 is 2.30 bits per heavy atom. The number of hydrogen-bond acceptors (Lipinski definition) is 7.